The molecule has 1 aromatic rings. The van der Waals surface area contributed by atoms with Crippen molar-refractivity contribution in [3.05, 3.63) is 29.8 Å². The fraction of sp³-hybridized carbons (Fsp3) is 0.333. The van der Waals surface area contributed by atoms with Crippen LogP contribution in [0, 0.1) is 0 Å². The Hall–Kier alpha value is -1.11. The van der Waals surface area contributed by atoms with Crippen molar-refractivity contribution in [2.24, 2.45) is 0 Å². The molecule has 1 N–H and O–H groups in total. The molecule has 0 aliphatic rings. The maximum Gasteiger partial charge on any atom is 0.420 e. The molecule has 17 heavy (non-hydrogen) atoms. The Morgan fingerprint density at radius 1 is 0.824 bits per heavy atom. The summed E-state index contributed by atoms with van der Waals surface area (Å²) in [6, 6.07) is 2.35. The number of phenols is 1. The van der Waals surface area contributed by atoms with E-state index in [1.165, 1.54) is 0 Å². The molecule has 0 atom stereocenters. The standard InChI is InChI=1S/C9H5ClF6O/c10-7(8(11,12)13,9(14,15)16)5-1-3-6(17)4-2-5/h1-4,17H. The Morgan fingerprint density at radius 2 is 1.18 bits per heavy atom. The zero-order chi connectivity index (χ0) is 13.5. The van der Waals surface area contributed by atoms with Crippen LogP contribution in [0.3, 0.4) is 0 Å². The van der Waals surface area contributed by atoms with Crippen LogP contribution in [0.25, 0.3) is 0 Å². The number of halogens is 7. The molecule has 0 heterocycles. The topological polar surface area (TPSA) is 20.2 Å². The van der Waals surface area contributed by atoms with Crippen molar-refractivity contribution in [2.45, 2.75) is 17.2 Å². The molecule has 1 rings (SSSR count). The highest BCUT2D eigenvalue weighted by atomic mass is 35.5. The Bertz CT molecular complexity index is 379. The number of phenolic OH excluding ortho intramolecular Hbond substituents is 1. The van der Waals surface area contributed by atoms with E-state index in [0.29, 0.717) is 24.3 Å². The quantitative estimate of drug-likeness (QED) is 0.609. The first kappa shape index (κ1) is 14.0. The molecule has 1 nitrogen and oxygen atoms in total. The van der Waals surface area contributed by atoms with Gasteiger partial charge in [-0.05, 0) is 17.7 Å². The summed E-state index contributed by atoms with van der Waals surface area (Å²) in [4.78, 5) is -4.48. The van der Waals surface area contributed by atoms with Gasteiger partial charge < -0.3 is 5.11 Å². The smallest absolute Gasteiger partial charge is 0.420 e. The minimum atomic E-state index is -5.70. The Kier molecular flexibility index (Phi) is 3.26. The van der Waals surface area contributed by atoms with E-state index in [4.69, 9.17) is 16.7 Å². The van der Waals surface area contributed by atoms with Gasteiger partial charge in [0.05, 0.1) is 0 Å². The number of benzene rings is 1. The molecule has 96 valence electrons. The molecule has 0 amide bonds. The van der Waals surface area contributed by atoms with Crippen LogP contribution >= 0.6 is 11.6 Å². The van der Waals surface area contributed by atoms with E-state index in [1.807, 2.05) is 0 Å². The van der Waals surface area contributed by atoms with Gasteiger partial charge in [0.25, 0.3) is 4.87 Å². The minimum Gasteiger partial charge on any atom is -0.508 e. The summed E-state index contributed by atoms with van der Waals surface area (Å²) in [6.45, 7) is 0. The summed E-state index contributed by atoms with van der Waals surface area (Å²) in [5.41, 5.74) is -1.20. The first-order valence-electron chi connectivity index (χ1n) is 4.12. The molecule has 0 radical (unpaired) electrons. The minimum absolute atomic E-state index is 0.461. The van der Waals surface area contributed by atoms with Gasteiger partial charge in [0.2, 0.25) is 0 Å². The molecule has 0 fully saturated rings. The number of hydrogen-bond acceptors (Lipinski definition) is 1. The molecule has 0 saturated heterocycles. The zero-order valence-electron chi connectivity index (χ0n) is 7.90. The van der Waals surface area contributed by atoms with E-state index in [9.17, 15) is 26.3 Å². The molecular weight excluding hydrogens is 274 g/mol. The molecule has 0 aliphatic carbocycles. The molecule has 0 aromatic heterocycles. The average molecular weight is 279 g/mol. The average Bonchev–Trinajstić information content (AvgIpc) is 2.14. The van der Waals surface area contributed by atoms with E-state index >= 15 is 0 Å². The van der Waals surface area contributed by atoms with Gasteiger partial charge in [-0.25, -0.2) is 0 Å². The normalized spacial score (nSPS) is 13.8. The third-order valence-corrected chi connectivity index (χ3v) is 2.69. The third kappa shape index (κ3) is 2.29. The van der Waals surface area contributed by atoms with Gasteiger partial charge in [0.1, 0.15) is 5.75 Å². The fourth-order valence-corrected chi connectivity index (χ4v) is 1.31. The van der Waals surface area contributed by atoms with Crippen LogP contribution in [0.4, 0.5) is 26.3 Å². The van der Waals surface area contributed by atoms with E-state index in [2.05, 4.69) is 0 Å². The Balaban J connectivity index is 3.41. The largest absolute Gasteiger partial charge is 0.508 e. The van der Waals surface area contributed by atoms with Crippen LogP contribution in [-0.2, 0) is 4.87 Å². The van der Waals surface area contributed by atoms with Crippen molar-refractivity contribution < 1.29 is 31.4 Å². The van der Waals surface area contributed by atoms with Crippen molar-refractivity contribution in [2.75, 3.05) is 0 Å². The second kappa shape index (κ2) is 3.97. The summed E-state index contributed by atoms with van der Waals surface area (Å²) < 4.78 is 74.8. The lowest BCUT2D eigenvalue weighted by molar-refractivity contribution is -0.272. The summed E-state index contributed by atoms with van der Waals surface area (Å²) in [5.74, 6) is -0.461. The lowest BCUT2D eigenvalue weighted by atomic mass is 9.96. The van der Waals surface area contributed by atoms with Gasteiger partial charge in [-0.1, -0.05) is 23.7 Å². The van der Waals surface area contributed by atoms with Gasteiger partial charge in [-0.2, -0.15) is 26.3 Å². The molecule has 0 saturated carbocycles. The molecule has 1 aromatic carbocycles. The fourth-order valence-electron chi connectivity index (χ4n) is 1.18. The molecule has 0 aliphatic heterocycles. The van der Waals surface area contributed by atoms with Crippen molar-refractivity contribution in [3.63, 3.8) is 0 Å². The second-order valence-corrected chi connectivity index (χ2v) is 3.77. The van der Waals surface area contributed by atoms with Crippen molar-refractivity contribution in [1.29, 1.82) is 0 Å². The first-order chi connectivity index (χ1) is 7.50. The number of aromatic hydroxyl groups is 1. The third-order valence-electron chi connectivity index (χ3n) is 2.05. The highest BCUT2D eigenvalue weighted by Crippen LogP contribution is 2.55. The van der Waals surface area contributed by atoms with Crippen molar-refractivity contribution in [3.8, 4) is 5.75 Å². The summed E-state index contributed by atoms with van der Waals surface area (Å²) >= 11 is 4.74. The van der Waals surface area contributed by atoms with Crippen LogP contribution in [0.15, 0.2) is 24.3 Å². The Labute approximate surface area is 96.6 Å². The summed E-state index contributed by atoms with van der Waals surface area (Å²) in [7, 11) is 0. The number of hydrogen-bond donors (Lipinski definition) is 1. The number of rotatable bonds is 1. The second-order valence-electron chi connectivity index (χ2n) is 3.20. The van der Waals surface area contributed by atoms with Crippen LogP contribution in [-0.4, -0.2) is 17.5 Å². The van der Waals surface area contributed by atoms with Crippen molar-refractivity contribution in [1.82, 2.24) is 0 Å². The predicted molar refractivity (Wildman–Crippen MR) is 47.7 cm³/mol. The van der Waals surface area contributed by atoms with Crippen LogP contribution in [0.5, 0.6) is 5.75 Å². The lowest BCUT2D eigenvalue weighted by Gasteiger charge is -2.31. The van der Waals surface area contributed by atoms with Gasteiger partial charge in [0.15, 0.2) is 0 Å². The highest BCUT2D eigenvalue weighted by Gasteiger charge is 2.71. The summed E-state index contributed by atoms with van der Waals surface area (Å²) in [5, 5.41) is 8.82. The van der Waals surface area contributed by atoms with Gasteiger partial charge >= 0.3 is 12.4 Å². The molecular formula is C9H5ClF6O. The molecule has 0 unspecified atom stereocenters. The van der Waals surface area contributed by atoms with Gasteiger partial charge in [0, 0.05) is 0 Å². The monoisotopic (exact) mass is 278 g/mol. The summed E-state index contributed by atoms with van der Waals surface area (Å²) in [6.07, 6.45) is -11.4. The van der Waals surface area contributed by atoms with E-state index in [1.54, 1.807) is 0 Å². The number of alkyl halides is 7. The molecule has 0 bridgehead atoms. The lowest BCUT2D eigenvalue weighted by Crippen LogP contribution is -2.49. The van der Waals surface area contributed by atoms with Gasteiger partial charge in [-0.15, -0.1) is 0 Å². The highest BCUT2D eigenvalue weighted by molar-refractivity contribution is 6.25. The van der Waals surface area contributed by atoms with E-state index in [-0.39, 0.29) is 0 Å². The maximum atomic E-state index is 12.5. The predicted octanol–water partition coefficient (Wildman–Crippen LogP) is 3.95. The molecule has 8 heteroatoms. The van der Waals surface area contributed by atoms with Gasteiger partial charge in [-0.3, -0.25) is 0 Å². The van der Waals surface area contributed by atoms with E-state index in [0.717, 1.165) is 0 Å². The molecule has 0 spiro atoms. The van der Waals surface area contributed by atoms with Crippen LogP contribution in [0.1, 0.15) is 5.56 Å². The Morgan fingerprint density at radius 3 is 1.47 bits per heavy atom. The first-order valence-corrected chi connectivity index (χ1v) is 4.50. The SMILES string of the molecule is Oc1ccc(C(Cl)(C(F)(F)F)C(F)(F)F)cc1. The van der Waals surface area contributed by atoms with E-state index < -0.39 is 28.5 Å². The van der Waals surface area contributed by atoms with Crippen LogP contribution < -0.4 is 0 Å². The zero-order valence-corrected chi connectivity index (χ0v) is 8.66. The maximum absolute atomic E-state index is 12.5. The van der Waals surface area contributed by atoms with Crippen molar-refractivity contribution >= 4 is 11.6 Å². The van der Waals surface area contributed by atoms with Crippen LogP contribution in [0.2, 0.25) is 0 Å².